The Morgan fingerprint density at radius 1 is 1.00 bits per heavy atom. The smallest absolute Gasteiger partial charge is 0.344 e. The summed E-state index contributed by atoms with van der Waals surface area (Å²) in [6, 6.07) is 14.8. The van der Waals surface area contributed by atoms with Gasteiger partial charge < -0.3 is 18.6 Å². The zero-order valence-corrected chi connectivity index (χ0v) is 18.5. The van der Waals surface area contributed by atoms with Crippen LogP contribution in [-0.2, 0) is 6.61 Å². The van der Waals surface area contributed by atoms with Crippen molar-refractivity contribution in [1.29, 1.82) is 0 Å². The van der Waals surface area contributed by atoms with Gasteiger partial charge in [-0.05, 0) is 60.5 Å². The summed E-state index contributed by atoms with van der Waals surface area (Å²) in [4.78, 5) is 12.8. The number of halogens is 2. The number of hydrogen-bond donors (Lipinski definition) is 0. The van der Waals surface area contributed by atoms with Crippen LogP contribution in [0.15, 0.2) is 63.8 Å². The minimum Gasteiger partial charge on any atom is -0.493 e. The van der Waals surface area contributed by atoms with E-state index in [4.69, 9.17) is 30.2 Å². The Labute approximate surface area is 188 Å². The molecule has 0 fully saturated rings. The van der Waals surface area contributed by atoms with Crippen molar-refractivity contribution in [3.63, 3.8) is 0 Å². The number of methoxy groups -OCH3 is 2. The Morgan fingerprint density at radius 3 is 2.50 bits per heavy atom. The fraction of sp³-hybridized carbons (Fsp3) is 0.160. The van der Waals surface area contributed by atoms with Crippen molar-refractivity contribution in [3.8, 4) is 28.4 Å². The van der Waals surface area contributed by atoms with Crippen molar-refractivity contribution < 1.29 is 23.0 Å². The lowest BCUT2D eigenvalue weighted by molar-refractivity contribution is 0.300. The van der Waals surface area contributed by atoms with E-state index in [0.29, 0.717) is 44.4 Å². The van der Waals surface area contributed by atoms with Gasteiger partial charge in [0.2, 0.25) is 0 Å². The van der Waals surface area contributed by atoms with Gasteiger partial charge in [-0.1, -0.05) is 23.7 Å². The summed E-state index contributed by atoms with van der Waals surface area (Å²) in [5, 5.41) is 0.996. The summed E-state index contributed by atoms with van der Waals surface area (Å²) in [7, 11) is 3.08. The summed E-state index contributed by atoms with van der Waals surface area (Å²) in [5.41, 5.74) is 2.00. The Hall–Kier alpha value is -3.51. The van der Waals surface area contributed by atoms with Crippen LogP contribution in [0.5, 0.6) is 17.2 Å². The van der Waals surface area contributed by atoms with Crippen molar-refractivity contribution in [2.24, 2.45) is 0 Å². The van der Waals surface area contributed by atoms with Crippen LogP contribution in [0.4, 0.5) is 4.39 Å². The highest BCUT2D eigenvalue weighted by Crippen LogP contribution is 2.35. The minimum absolute atomic E-state index is 0.0324. The van der Waals surface area contributed by atoms with Gasteiger partial charge >= 0.3 is 5.63 Å². The van der Waals surface area contributed by atoms with Crippen LogP contribution in [0.2, 0.25) is 5.02 Å². The highest BCUT2D eigenvalue weighted by Gasteiger charge is 2.16. The van der Waals surface area contributed by atoms with Crippen LogP contribution < -0.4 is 19.8 Å². The SMILES string of the molecule is COc1ccc(-c2c(C)c3cc(OCc4c(F)cccc4Cl)ccc3oc2=O)cc1OC. The van der Waals surface area contributed by atoms with Crippen LogP contribution in [-0.4, -0.2) is 14.2 Å². The molecule has 1 aromatic heterocycles. The van der Waals surface area contributed by atoms with Crippen molar-refractivity contribution in [3.05, 3.63) is 87.0 Å². The van der Waals surface area contributed by atoms with Gasteiger partial charge in [-0.15, -0.1) is 0 Å². The maximum Gasteiger partial charge on any atom is 0.344 e. The summed E-state index contributed by atoms with van der Waals surface area (Å²) in [6.07, 6.45) is 0. The van der Waals surface area contributed by atoms with Crippen LogP contribution in [0.1, 0.15) is 11.1 Å². The Morgan fingerprint density at radius 2 is 1.78 bits per heavy atom. The van der Waals surface area contributed by atoms with E-state index in [1.165, 1.54) is 19.2 Å². The number of fused-ring (bicyclic) bond motifs is 1. The quantitative estimate of drug-likeness (QED) is 0.327. The molecule has 164 valence electrons. The van der Waals surface area contributed by atoms with Crippen molar-refractivity contribution in [1.82, 2.24) is 0 Å². The zero-order valence-electron chi connectivity index (χ0n) is 17.7. The molecule has 3 aromatic carbocycles. The Balaban J connectivity index is 1.75. The maximum absolute atomic E-state index is 14.0. The predicted octanol–water partition coefficient (Wildman–Crippen LogP) is 6.16. The highest BCUT2D eigenvalue weighted by atomic mass is 35.5. The molecule has 0 N–H and O–H groups in total. The lowest BCUT2D eigenvalue weighted by Crippen LogP contribution is -2.06. The van der Waals surface area contributed by atoms with Crippen molar-refractivity contribution in [2.75, 3.05) is 14.2 Å². The molecule has 0 aliphatic heterocycles. The molecule has 4 aromatic rings. The van der Waals surface area contributed by atoms with E-state index in [0.717, 1.165) is 5.56 Å². The van der Waals surface area contributed by atoms with E-state index in [2.05, 4.69) is 0 Å². The molecule has 0 bridgehead atoms. The highest BCUT2D eigenvalue weighted by molar-refractivity contribution is 6.31. The third-order valence-electron chi connectivity index (χ3n) is 5.25. The molecule has 7 heteroatoms. The Kier molecular flexibility index (Phi) is 6.06. The Bertz CT molecular complexity index is 1340. The normalized spacial score (nSPS) is 10.9. The number of rotatable bonds is 6. The molecule has 4 rings (SSSR count). The van der Waals surface area contributed by atoms with Gasteiger partial charge in [0.15, 0.2) is 11.5 Å². The lowest BCUT2D eigenvalue weighted by atomic mass is 9.99. The van der Waals surface area contributed by atoms with Gasteiger partial charge in [0, 0.05) is 10.9 Å². The number of benzene rings is 3. The summed E-state index contributed by atoms with van der Waals surface area (Å²) in [6.45, 7) is 1.80. The lowest BCUT2D eigenvalue weighted by Gasteiger charge is -2.13. The van der Waals surface area contributed by atoms with Gasteiger partial charge in [0.1, 0.15) is 23.8 Å². The van der Waals surface area contributed by atoms with E-state index in [1.807, 2.05) is 6.92 Å². The molecule has 0 saturated heterocycles. The van der Waals surface area contributed by atoms with E-state index >= 15 is 0 Å². The van der Waals surface area contributed by atoms with Crippen LogP contribution in [0.25, 0.3) is 22.1 Å². The number of aryl methyl sites for hydroxylation is 1. The van der Waals surface area contributed by atoms with Crippen molar-refractivity contribution in [2.45, 2.75) is 13.5 Å². The first kappa shape index (κ1) is 21.7. The predicted molar refractivity (Wildman–Crippen MR) is 122 cm³/mol. The van der Waals surface area contributed by atoms with Gasteiger partial charge in [-0.3, -0.25) is 0 Å². The third kappa shape index (κ3) is 4.01. The molecule has 32 heavy (non-hydrogen) atoms. The average molecular weight is 455 g/mol. The second kappa shape index (κ2) is 8.93. The molecule has 0 saturated carbocycles. The molecule has 0 aliphatic rings. The second-order valence-electron chi connectivity index (χ2n) is 7.11. The van der Waals surface area contributed by atoms with Crippen LogP contribution in [0, 0.1) is 12.7 Å². The first-order valence-corrected chi connectivity index (χ1v) is 10.2. The molecule has 5 nitrogen and oxygen atoms in total. The van der Waals surface area contributed by atoms with Crippen molar-refractivity contribution >= 4 is 22.6 Å². The molecule has 0 aliphatic carbocycles. The number of ether oxygens (including phenoxy) is 3. The summed E-state index contributed by atoms with van der Waals surface area (Å²) in [5.74, 6) is 1.12. The average Bonchev–Trinajstić information content (AvgIpc) is 2.79. The summed E-state index contributed by atoms with van der Waals surface area (Å²) >= 11 is 6.08. The van der Waals surface area contributed by atoms with Gasteiger partial charge in [0.25, 0.3) is 0 Å². The molecular formula is C25H20ClFO5. The maximum atomic E-state index is 14.0. The molecule has 0 amide bonds. The van der Waals surface area contributed by atoms with Gasteiger partial charge in [-0.2, -0.15) is 0 Å². The van der Waals surface area contributed by atoms with Crippen LogP contribution in [0.3, 0.4) is 0 Å². The largest absolute Gasteiger partial charge is 0.493 e. The molecule has 0 unspecified atom stereocenters. The third-order valence-corrected chi connectivity index (χ3v) is 5.61. The zero-order chi connectivity index (χ0) is 22.8. The van der Waals surface area contributed by atoms with E-state index in [1.54, 1.807) is 49.6 Å². The topological polar surface area (TPSA) is 57.9 Å². The molecule has 0 atom stereocenters. The van der Waals surface area contributed by atoms with E-state index < -0.39 is 11.4 Å². The molecular weight excluding hydrogens is 435 g/mol. The molecule has 0 spiro atoms. The summed E-state index contributed by atoms with van der Waals surface area (Å²) < 4.78 is 36.0. The molecule has 1 heterocycles. The fourth-order valence-electron chi connectivity index (χ4n) is 3.57. The fourth-order valence-corrected chi connectivity index (χ4v) is 3.79. The van der Waals surface area contributed by atoms with Gasteiger partial charge in [-0.25, -0.2) is 9.18 Å². The van der Waals surface area contributed by atoms with E-state index in [-0.39, 0.29) is 12.2 Å². The standard InChI is InChI=1S/C25H20ClFO5/c1-14-17-12-16(31-13-18-19(26)5-4-6-20(18)27)8-10-21(17)32-25(28)24(14)15-7-9-22(29-2)23(11-15)30-3/h4-12H,13H2,1-3H3. The van der Waals surface area contributed by atoms with Crippen LogP contribution >= 0.6 is 11.6 Å². The first-order chi connectivity index (χ1) is 15.4. The van der Waals surface area contributed by atoms with E-state index in [9.17, 15) is 9.18 Å². The monoisotopic (exact) mass is 454 g/mol. The number of hydrogen-bond acceptors (Lipinski definition) is 5. The first-order valence-electron chi connectivity index (χ1n) is 9.78. The van der Waals surface area contributed by atoms with Gasteiger partial charge in [0.05, 0.1) is 24.8 Å². The minimum atomic E-state index is -0.464. The second-order valence-corrected chi connectivity index (χ2v) is 7.51. The molecule has 0 radical (unpaired) electrons.